The zero-order valence-corrected chi connectivity index (χ0v) is 16.7. The molecular weight excluding hydrogens is 396 g/mol. The van der Waals surface area contributed by atoms with Crippen molar-refractivity contribution in [3.63, 3.8) is 0 Å². The molecule has 1 aromatic carbocycles. The van der Waals surface area contributed by atoms with Gasteiger partial charge in [-0.25, -0.2) is 13.6 Å². The highest BCUT2D eigenvalue weighted by Crippen LogP contribution is 2.32. The van der Waals surface area contributed by atoms with Crippen LogP contribution in [0.5, 0.6) is 0 Å². The third kappa shape index (κ3) is 4.87. The third-order valence-corrected chi connectivity index (χ3v) is 5.25. The minimum absolute atomic E-state index is 0.186. The first-order valence-corrected chi connectivity index (χ1v) is 9.82. The summed E-state index contributed by atoms with van der Waals surface area (Å²) in [6.07, 6.45) is 2.56. The number of hydrogen-bond acceptors (Lipinski definition) is 5. The van der Waals surface area contributed by atoms with Crippen molar-refractivity contribution >= 4 is 23.5 Å². The fourth-order valence-electron chi connectivity index (χ4n) is 3.64. The van der Waals surface area contributed by atoms with Crippen molar-refractivity contribution in [2.24, 2.45) is 11.7 Å². The average Bonchev–Trinajstić information content (AvgIpc) is 3.17. The molecule has 2 amide bonds. The Kier molecular flexibility index (Phi) is 6.86. The Morgan fingerprint density at radius 3 is 2.70 bits per heavy atom. The maximum absolute atomic E-state index is 13.2. The van der Waals surface area contributed by atoms with E-state index in [9.17, 15) is 18.4 Å². The van der Waals surface area contributed by atoms with Gasteiger partial charge in [0.1, 0.15) is 24.7 Å². The minimum Gasteiger partial charge on any atom is -0.447 e. The van der Waals surface area contributed by atoms with Gasteiger partial charge in [0.15, 0.2) is 5.82 Å². The molecule has 0 saturated carbocycles. The second-order valence-electron chi connectivity index (χ2n) is 7.14. The third-order valence-electron chi connectivity index (χ3n) is 5.25. The number of piperidine rings is 1. The Balaban J connectivity index is 1.85. The summed E-state index contributed by atoms with van der Waals surface area (Å²) in [5.41, 5.74) is 6.26. The van der Waals surface area contributed by atoms with Crippen LogP contribution in [0.25, 0.3) is 0 Å². The van der Waals surface area contributed by atoms with Gasteiger partial charge in [-0.3, -0.25) is 9.48 Å². The van der Waals surface area contributed by atoms with E-state index in [1.54, 1.807) is 10.9 Å². The number of amides is 2. The van der Waals surface area contributed by atoms with Crippen molar-refractivity contribution in [3.8, 4) is 0 Å². The number of hydrogen-bond donors (Lipinski definition) is 2. The molecule has 162 valence electrons. The van der Waals surface area contributed by atoms with Crippen LogP contribution in [-0.4, -0.2) is 53.1 Å². The van der Waals surface area contributed by atoms with Crippen LogP contribution in [0.3, 0.4) is 0 Å². The van der Waals surface area contributed by atoms with Crippen molar-refractivity contribution in [1.29, 1.82) is 0 Å². The molecule has 3 N–H and O–H groups in total. The number of carbonyl (C=O) groups is 2. The van der Waals surface area contributed by atoms with Gasteiger partial charge in [-0.15, -0.1) is 0 Å². The first-order valence-electron chi connectivity index (χ1n) is 9.82. The summed E-state index contributed by atoms with van der Waals surface area (Å²) in [6.45, 7) is 1.85. The summed E-state index contributed by atoms with van der Waals surface area (Å²) < 4.78 is 32.0. The molecule has 1 saturated heterocycles. The lowest BCUT2D eigenvalue weighted by Gasteiger charge is -2.37. The van der Waals surface area contributed by atoms with Crippen molar-refractivity contribution < 1.29 is 23.1 Å². The molecule has 2 aromatic rings. The number of carbonyl (C=O) groups excluding carboxylic acids is 2. The number of halogens is 2. The molecule has 0 radical (unpaired) electrons. The maximum atomic E-state index is 13.2. The molecule has 1 aromatic heterocycles. The number of aromatic nitrogens is 2. The summed E-state index contributed by atoms with van der Waals surface area (Å²) in [6, 6.07) is 5.43. The standard InChI is InChI=1S/C20H25F2N5O3/c1-2-13-7-9-26(20(29)30-10-8-21)12-17(13)27-11-16(18(23)28)19(25-27)24-15-5-3-14(22)4-6-15/h3-6,11,13,17H,2,7-10,12H2,1H3,(H2,23,28)(H,24,25). The second-order valence-corrected chi connectivity index (χ2v) is 7.14. The molecule has 1 aliphatic rings. The number of benzene rings is 1. The Hall–Kier alpha value is -3.17. The highest BCUT2D eigenvalue weighted by Gasteiger charge is 2.34. The number of anilines is 2. The first kappa shape index (κ1) is 21.5. The fraction of sp³-hybridized carbons (Fsp3) is 0.450. The van der Waals surface area contributed by atoms with Gasteiger partial charge in [-0.05, 0) is 36.6 Å². The Bertz CT molecular complexity index is 887. The number of rotatable bonds is 7. The normalized spacial score (nSPS) is 18.8. The number of primary amides is 1. The summed E-state index contributed by atoms with van der Waals surface area (Å²) >= 11 is 0. The van der Waals surface area contributed by atoms with Crippen LogP contribution in [0, 0.1) is 11.7 Å². The largest absolute Gasteiger partial charge is 0.447 e. The van der Waals surface area contributed by atoms with Crippen LogP contribution < -0.4 is 11.1 Å². The van der Waals surface area contributed by atoms with Gasteiger partial charge in [0, 0.05) is 25.0 Å². The number of nitrogens with zero attached hydrogens (tertiary/aromatic N) is 3. The number of ether oxygens (including phenoxy) is 1. The van der Waals surface area contributed by atoms with Crippen LogP contribution in [0.4, 0.5) is 25.1 Å². The average molecular weight is 421 g/mol. The smallest absolute Gasteiger partial charge is 0.409 e. The van der Waals surface area contributed by atoms with Crippen molar-refractivity contribution in [2.75, 3.05) is 31.7 Å². The van der Waals surface area contributed by atoms with Gasteiger partial charge in [0.05, 0.1) is 6.04 Å². The summed E-state index contributed by atoms with van der Waals surface area (Å²) in [5, 5.41) is 7.49. The number of alkyl halides is 1. The molecular formula is C20H25F2N5O3. The lowest BCUT2D eigenvalue weighted by atomic mass is 9.89. The molecule has 2 unspecified atom stereocenters. The summed E-state index contributed by atoms with van der Waals surface area (Å²) in [4.78, 5) is 25.6. The van der Waals surface area contributed by atoms with E-state index in [1.165, 1.54) is 29.2 Å². The molecule has 0 spiro atoms. The molecule has 3 rings (SSSR count). The van der Waals surface area contributed by atoms with E-state index in [-0.39, 0.29) is 35.8 Å². The van der Waals surface area contributed by atoms with Gasteiger partial charge >= 0.3 is 6.09 Å². The van der Waals surface area contributed by atoms with E-state index in [0.29, 0.717) is 18.8 Å². The molecule has 2 atom stereocenters. The Morgan fingerprint density at radius 2 is 2.07 bits per heavy atom. The minimum atomic E-state index is -0.736. The molecule has 1 fully saturated rings. The van der Waals surface area contributed by atoms with Gasteiger partial charge in [-0.1, -0.05) is 13.3 Å². The highest BCUT2D eigenvalue weighted by atomic mass is 19.1. The zero-order valence-electron chi connectivity index (χ0n) is 16.7. The van der Waals surface area contributed by atoms with E-state index >= 15 is 0 Å². The predicted octanol–water partition coefficient (Wildman–Crippen LogP) is 3.24. The van der Waals surface area contributed by atoms with Gasteiger partial charge in [0.2, 0.25) is 0 Å². The van der Waals surface area contributed by atoms with Crippen molar-refractivity contribution in [3.05, 3.63) is 41.8 Å². The van der Waals surface area contributed by atoms with Gasteiger partial charge in [0.25, 0.3) is 5.91 Å². The van der Waals surface area contributed by atoms with Crippen LogP contribution in [0.1, 0.15) is 36.2 Å². The first-order chi connectivity index (χ1) is 14.4. The quantitative estimate of drug-likeness (QED) is 0.715. The maximum Gasteiger partial charge on any atom is 0.409 e. The van der Waals surface area contributed by atoms with Gasteiger partial charge in [-0.2, -0.15) is 5.10 Å². The van der Waals surface area contributed by atoms with E-state index < -0.39 is 18.7 Å². The van der Waals surface area contributed by atoms with Crippen LogP contribution in [-0.2, 0) is 4.74 Å². The summed E-state index contributed by atoms with van der Waals surface area (Å²) in [7, 11) is 0. The van der Waals surface area contributed by atoms with Crippen LogP contribution in [0.15, 0.2) is 30.5 Å². The van der Waals surface area contributed by atoms with E-state index in [0.717, 1.165) is 12.8 Å². The lowest BCUT2D eigenvalue weighted by molar-refractivity contribution is 0.0640. The summed E-state index contributed by atoms with van der Waals surface area (Å²) in [5.74, 6) is -0.571. The second kappa shape index (κ2) is 9.55. The van der Waals surface area contributed by atoms with Crippen LogP contribution >= 0.6 is 0 Å². The SMILES string of the molecule is CCC1CCN(C(=O)OCCF)CC1n1cc(C(N)=O)c(Nc2ccc(F)cc2)n1. The van der Waals surface area contributed by atoms with Crippen molar-refractivity contribution in [1.82, 2.24) is 14.7 Å². The molecule has 30 heavy (non-hydrogen) atoms. The van der Waals surface area contributed by atoms with E-state index in [1.807, 2.05) is 6.92 Å². The van der Waals surface area contributed by atoms with E-state index in [2.05, 4.69) is 10.4 Å². The molecule has 0 bridgehead atoms. The number of likely N-dealkylation sites (tertiary alicyclic amines) is 1. The van der Waals surface area contributed by atoms with Gasteiger partial charge < -0.3 is 20.7 Å². The number of nitrogens with two attached hydrogens (primary N) is 1. The van der Waals surface area contributed by atoms with E-state index in [4.69, 9.17) is 10.5 Å². The monoisotopic (exact) mass is 421 g/mol. The Labute approximate surface area is 173 Å². The molecule has 2 heterocycles. The van der Waals surface area contributed by atoms with Crippen LogP contribution in [0.2, 0.25) is 0 Å². The molecule has 0 aliphatic carbocycles. The zero-order chi connectivity index (χ0) is 21.7. The topological polar surface area (TPSA) is 102 Å². The Morgan fingerprint density at radius 1 is 1.33 bits per heavy atom. The molecule has 10 heteroatoms. The lowest BCUT2D eigenvalue weighted by Crippen LogP contribution is -2.45. The molecule has 8 nitrogen and oxygen atoms in total. The highest BCUT2D eigenvalue weighted by molar-refractivity contribution is 5.98. The fourth-order valence-corrected chi connectivity index (χ4v) is 3.64. The van der Waals surface area contributed by atoms with Crippen molar-refractivity contribution in [2.45, 2.75) is 25.8 Å². The molecule has 1 aliphatic heterocycles. The number of nitrogens with one attached hydrogen (secondary N) is 1. The predicted molar refractivity (Wildman–Crippen MR) is 107 cm³/mol.